The molecule has 0 aromatic heterocycles. The first-order chi connectivity index (χ1) is 8.90. The molecule has 1 aromatic carbocycles. The maximum atomic E-state index is 5.90. The standard InChI is InChI=1S/C15H22N2O/c16-17-14(11-5-1-2-6-11)13-9-3-7-12-8-4-10-18-15(12)13/h3,7,9,11,14,17H,1-2,4-6,8,10,16H2. The van der Waals surface area contributed by atoms with Gasteiger partial charge in [0.1, 0.15) is 5.75 Å². The molecule has 1 aliphatic carbocycles. The SMILES string of the molecule is NNC(c1cccc2c1OCCC2)C1CCCC1. The van der Waals surface area contributed by atoms with Gasteiger partial charge in [0, 0.05) is 5.56 Å². The summed E-state index contributed by atoms with van der Waals surface area (Å²) in [7, 11) is 0. The largest absolute Gasteiger partial charge is 0.493 e. The number of hydrogen-bond donors (Lipinski definition) is 2. The Morgan fingerprint density at radius 2 is 2.06 bits per heavy atom. The minimum atomic E-state index is 0.251. The van der Waals surface area contributed by atoms with Crippen molar-refractivity contribution in [3.05, 3.63) is 29.3 Å². The van der Waals surface area contributed by atoms with Crippen LogP contribution in [0.3, 0.4) is 0 Å². The number of aryl methyl sites for hydroxylation is 1. The number of nitrogens with two attached hydrogens (primary N) is 1. The quantitative estimate of drug-likeness (QED) is 0.637. The molecule has 0 saturated heterocycles. The first-order valence-electron chi connectivity index (χ1n) is 7.11. The molecule has 18 heavy (non-hydrogen) atoms. The van der Waals surface area contributed by atoms with Crippen molar-refractivity contribution in [1.82, 2.24) is 5.43 Å². The van der Waals surface area contributed by atoms with E-state index in [9.17, 15) is 0 Å². The van der Waals surface area contributed by atoms with Gasteiger partial charge < -0.3 is 4.74 Å². The van der Waals surface area contributed by atoms with E-state index in [1.807, 2.05) is 0 Å². The molecular weight excluding hydrogens is 224 g/mol. The molecule has 0 spiro atoms. The molecule has 0 bridgehead atoms. The summed E-state index contributed by atoms with van der Waals surface area (Å²) in [6.45, 7) is 0.839. The van der Waals surface area contributed by atoms with Crippen LogP contribution in [0, 0.1) is 5.92 Å². The van der Waals surface area contributed by atoms with Crippen LogP contribution in [0.5, 0.6) is 5.75 Å². The van der Waals surface area contributed by atoms with E-state index in [1.165, 1.54) is 36.8 Å². The number of ether oxygens (including phenoxy) is 1. The molecular formula is C15H22N2O. The number of nitrogens with one attached hydrogen (secondary N) is 1. The molecule has 1 aromatic rings. The van der Waals surface area contributed by atoms with E-state index in [4.69, 9.17) is 10.6 Å². The average molecular weight is 246 g/mol. The van der Waals surface area contributed by atoms with Crippen LogP contribution in [0.15, 0.2) is 18.2 Å². The number of para-hydroxylation sites is 1. The second-order valence-electron chi connectivity index (χ2n) is 5.48. The number of benzene rings is 1. The molecule has 0 amide bonds. The first kappa shape index (κ1) is 12.0. The minimum Gasteiger partial charge on any atom is -0.493 e. The highest BCUT2D eigenvalue weighted by Gasteiger charge is 2.29. The lowest BCUT2D eigenvalue weighted by molar-refractivity contribution is 0.274. The highest BCUT2D eigenvalue weighted by atomic mass is 16.5. The molecule has 1 unspecified atom stereocenters. The second-order valence-corrected chi connectivity index (χ2v) is 5.48. The minimum absolute atomic E-state index is 0.251. The van der Waals surface area contributed by atoms with Crippen molar-refractivity contribution in [3.8, 4) is 5.75 Å². The fourth-order valence-corrected chi connectivity index (χ4v) is 3.43. The van der Waals surface area contributed by atoms with Gasteiger partial charge in [-0.1, -0.05) is 31.0 Å². The predicted molar refractivity (Wildman–Crippen MR) is 72.3 cm³/mol. The van der Waals surface area contributed by atoms with Gasteiger partial charge in [0.25, 0.3) is 0 Å². The van der Waals surface area contributed by atoms with Crippen molar-refractivity contribution in [2.75, 3.05) is 6.61 Å². The Balaban J connectivity index is 1.93. The van der Waals surface area contributed by atoms with Crippen LogP contribution in [0.25, 0.3) is 0 Å². The zero-order chi connectivity index (χ0) is 12.4. The summed E-state index contributed by atoms with van der Waals surface area (Å²) in [5, 5.41) is 0. The van der Waals surface area contributed by atoms with Gasteiger partial charge in [0.05, 0.1) is 12.6 Å². The third-order valence-electron chi connectivity index (χ3n) is 4.35. The molecule has 3 rings (SSSR count). The smallest absolute Gasteiger partial charge is 0.127 e. The Hall–Kier alpha value is -1.06. The molecule has 2 aliphatic rings. The van der Waals surface area contributed by atoms with Crippen LogP contribution in [-0.2, 0) is 6.42 Å². The Morgan fingerprint density at radius 3 is 2.83 bits per heavy atom. The fourth-order valence-electron chi connectivity index (χ4n) is 3.43. The van der Waals surface area contributed by atoms with Crippen LogP contribution >= 0.6 is 0 Å². The molecule has 0 radical (unpaired) electrons. The Labute approximate surface area is 109 Å². The van der Waals surface area contributed by atoms with Crippen LogP contribution in [0.4, 0.5) is 0 Å². The third kappa shape index (κ3) is 2.13. The van der Waals surface area contributed by atoms with E-state index in [-0.39, 0.29) is 6.04 Å². The van der Waals surface area contributed by atoms with Gasteiger partial charge in [-0.3, -0.25) is 11.3 Å². The van der Waals surface area contributed by atoms with Crippen molar-refractivity contribution >= 4 is 0 Å². The van der Waals surface area contributed by atoms with Gasteiger partial charge in [-0.25, -0.2) is 0 Å². The fraction of sp³-hybridized carbons (Fsp3) is 0.600. The monoisotopic (exact) mass is 246 g/mol. The van der Waals surface area contributed by atoms with E-state index in [0.717, 1.165) is 25.2 Å². The van der Waals surface area contributed by atoms with Gasteiger partial charge in [-0.05, 0) is 37.2 Å². The van der Waals surface area contributed by atoms with Crippen molar-refractivity contribution in [2.45, 2.75) is 44.6 Å². The summed E-state index contributed by atoms with van der Waals surface area (Å²) in [6.07, 6.45) is 7.47. The molecule has 3 heteroatoms. The van der Waals surface area contributed by atoms with Gasteiger partial charge in [-0.15, -0.1) is 0 Å². The van der Waals surface area contributed by atoms with E-state index < -0.39 is 0 Å². The van der Waals surface area contributed by atoms with Gasteiger partial charge >= 0.3 is 0 Å². The van der Waals surface area contributed by atoms with E-state index in [0.29, 0.717) is 5.92 Å². The average Bonchev–Trinajstić information content (AvgIpc) is 2.94. The van der Waals surface area contributed by atoms with Crippen molar-refractivity contribution < 1.29 is 4.74 Å². The third-order valence-corrected chi connectivity index (χ3v) is 4.35. The lowest BCUT2D eigenvalue weighted by atomic mass is 9.89. The molecule has 1 aliphatic heterocycles. The summed E-state index contributed by atoms with van der Waals surface area (Å²) in [5.41, 5.74) is 5.64. The van der Waals surface area contributed by atoms with Gasteiger partial charge in [0.15, 0.2) is 0 Å². The van der Waals surface area contributed by atoms with E-state index in [1.54, 1.807) is 0 Å². The highest BCUT2D eigenvalue weighted by molar-refractivity contribution is 5.44. The van der Waals surface area contributed by atoms with Gasteiger partial charge in [-0.2, -0.15) is 0 Å². The number of fused-ring (bicyclic) bond motifs is 1. The van der Waals surface area contributed by atoms with Crippen LogP contribution in [0.2, 0.25) is 0 Å². The lowest BCUT2D eigenvalue weighted by Crippen LogP contribution is -2.33. The molecule has 98 valence electrons. The summed E-state index contributed by atoms with van der Waals surface area (Å²) < 4.78 is 5.90. The summed E-state index contributed by atoms with van der Waals surface area (Å²) in [5.74, 6) is 7.57. The highest BCUT2D eigenvalue weighted by Crippen LogP contribution is 2.40. The number of rotatable bonds is 3. The van der Waals surface area contributed by atoms with E-state index in [2.05, 4.69) is 23.6 Å². The predicted octanol–water partition coefficient (Wildman–Crippen LogP) is 2.71. The molecule has 3 N–H and O–H groups in total. The van der Waals surface area contributed by atoms with Crippen LogP contribution < -0.4 is 16.0 Å². The van der Waals surface area contributed by atoms with Crippen molar-refractivity contribution in [3.63, 3.8) is 0 Å². The topological polar surface area (TPSA) is 47.3 Å². The number of hydrogen-bond acceptors (Lipinski definition) is 3. The molecule has 3 nitrogen and oxygen atoms in total. The first-order valence-corrected chi connectivity index (χ1v) is 7.11. The van der Waals surface area contributed by atoms with Crippen LogP contribution in [0.1, 0.15) is 49.3 Å². The molecule has 1 heterocycles. The summed E-state index contributed by atoms with van der Waals surface area (Å²) in [6, 6.07) is 6.75. The zero-order valence-corrected chi connectivity index (χ0v) is 10.8. The Kier molecular flexibility index (Phi) is 3.52. The lowest BCUT2D eigenvalue weighted by Gasteiger charge is -2.28. The normalized spacial score (nSPS) is 21.4. The molecule has 1 atom stereocenters. The Morgan fingerprint density at radius 1 is 1.22 bits per heavy atom. The molecule has 1 fully saturated rings. The van der Waals surface area contributed by atoms with Crippen molar-refractivity contribution in [2.24, 2.45) is 11.8 Å². The Bertz CT molecular complexity index is 413. The summed E-state index contributed by atoms with van der Waals surface area (Å²) >= 11 is 0. The van der Waals surface area contributed by atoms with Gasteiger partial charge in [0.2, 0.25) is 0 Å². The molecule has 1 saturated carbocycles. The van der Waals surface area contributed by atoms with Crippen molar-refractivity contribution in [1.29, 1.82) is 0 Å². The van der Waals surface area contributed by atoms with E-state index >= 15 is 0 Å². The zero-order valence-electron chi connectivity index (χ0n) is 10.8. The number of hydrazine groups is 1. The van der Waals surface area contributed by atoms with Crippen LogP contribution in [-0.4, -0.2) is 6.61 Å². The maximum Gasteiger partial charge on any atom is 0.127 e. The maximum absolute atomic E-state index is 5.90. The second kappa shape index (κ2) is 5.29. The summed E-state index contributed by atoms with van der Waals surface area (Å²) in [4.78, 5) is 0.